The summed E-state index contributed by atoms with van der Waals surface area (Å²) in [7, 11) is 0. The number of hydrogen-bond donors (Lipinski definition) is 1. The molecular formula is C12H11F2N3. The molecule has 17 heavy (non-hydrogen) atoms. The zero-order valence-corrected chi connectivity index (χ0v) is 9.19. The third kappa shape index (κ3) is 2.38. The van der Waals surface area contributed by atoms with Gasteiger partial charge in [0.25, 0.3) is 6.43 Å². The molecule has 1 aromatic heterocycles. The summed E-state index contributed by atoms with van der Waals surface area (Å²) in [6.45, 7) is 1.94. The van der Waals surface area contributed by atoms with Crippen LogP contribution in [0.2, 0.25) is 0 Å². The Bertz CT molecular complexity index is 524. The van der Waals surface area contributed by atoms with Crippen molar-refractivity contribution in [3.05, 3.63) is 41.7 Å². The van der Waals surface area contributed by atoms with Gasteiger partial charge in [0.2, 0.25) is 0 Å². The van der Waals surface area contributed by atoms with Crippen molar-refractivity contribution in [2.24, 2.45) is 0 Å². The van der Waals surface area contributed by atoms with Gasteiger partial charge in [-0.1, -0.05) is 29.8 Å². The number of nitrogen functional groups attached to an aromatic ring is 1. The van der Waals surface area contributed by atoms with Crippen LogP contribution in [0.15, 0.2) is 30.5 Å². The number of aromatic nitrogens is 2. The molecule has 0 aliphatic heterocycles. The van der Waals surface area contributed by atoms with Crippen LogP contribution in [-0.2, 0) is 0 Å². The Hall–Kier alpha value is -2.04. The number of rotatable bonds is 2. The molecule has 0 aliphatic rings. The van der Waals surface area contributed by atoms with Crippen LogP contribution in [0.25, 0.3) is 11.4 Å². The van der Waals surface area contributed by atoms with E-state index in [-0.39, 0.29) is 11.5 Å². The second-order valence-corrected chi connectivity index (χ2v) is 3.70. The minimum atomic E-state index is -2.69. The van der Waals surface area contributed by atoms with Crippen LogP contribution in [0.4, 0.5) is 14.5 Å². The van der Waals surface area contributed by atoms with Gasteiger partial charge in [0.15, 0.2) is 5.82 Å². The number of nitrogens with zero attached hydrogens (tertiary/aromatic N) is 2. The molecule has 0 saturated carbocycles. The van der Waals surface area contributed by atoms with Crippen LogP contribution >= 0.6 is 0 Å². The van der Waals surface area contributed by atoms with Crippen molar-refractivity contribution in [1.82, 2.24) is 9.97 Å². The lowest BCUT2D eigenvalue weighted by Gasteiger charge is -2.06. The molecule has 0 atom stereocenters. The predicted octanol–water partition coefficient (Wildman–Crippen LogP) is 2.97. The van der Waals surface area contributed by atoms with Crippen molar-refractivity contribution < 1.29 is 8.78 Å². The number of hydrogen-bond acceptors (Lipinski definition) is 3. The highest BCUT2D eigenvalue weighted by atomic mass is 19.3. The average Bonchev–Trinajstić information content (AvgIpc) is 2.30. The Kier molecular flexibility index (Phi) is 2.99. The highest BCUT2D eigenvalue weighted by molar-refractivity contribution is 5.57. The Morgan fingerprint density at radius 2 is 1.82 bits per heavy atom. The largest absolute Gasteiger partial charge is 0.396 e. The topological polar surface area (TPSA) is 51.8 Å². The maximum absolute atomic E-state index is 12.6. The van der Waals surface area contributed by atoms with E-state index in [4.69, 9.17) is 5.73 Å². The van der Waals surface area contributed by atoms with Crippen molar-refractivity contribution in [3.63, 3.8) is 0 Å². The molecule has 0 bridgehead atoms. The summed E-state index contributed by atoms with van der Waals surface area (Å²) in [5.74, 6) is 0.259. The molecule has 0 radical (unpaired) electrons. The van der Waals surface area contributed by atoms with E-state index in [1.54, 1.807) is 12.1 Å². The van der Waals surface area contributed by atoms with Crippen molar-refractivity contribution in [1.29, 1.82) is 0 Å². The van der Waals surface area contributed by atoms with Gasteiger partial charge in [0, 0.05) is 5.56 Å². The van der Waals surface area contributed by atoms with Gasteiger partial charge in [-0.25, -0.2) is 18.7 Å². The number of nitrogens with two attached hydrogens (primary N) is 1. The first-order chi connectivity index (χ1) is 8.08. The van der Waals surface area contributed by atoms with Gasteiger partial charge in [-0.15, -0.1) is 0 Å². The third-order valence-electron chi connectivity index (χ3n) is 2.36. The van der Waals surface area contributed by atoms with Gasteiger partial charge in [-0.2, -0.15) is 0 Å². The fourth-order valence-corrected chi connectivity index (χ4v) is 1.42. The Morgan fingerprint density at radius 3 is 2.41 bits per heavy atom. The average molecular weight is 235 g/mol. The molecule has 3 nitrogen and oxygen atoms in total. The fourth-order valence-electron chi connectivity index (χ4n) is 1.42. The van der Waals surface area contributed by atoms with Gasteiger partial charge in [0.1, 0.15) is 5.69 Å². The predicted molar refractivity (Wildman–Crippen MR) is 61.6 cm³/mol. The highest BCUT2D eigenvalue weighted by Gasteiger charge is 2.15. The second kappa shape index (κ2) is 4.45. The molecule has 0 spiro atoms. The molecule has 0 fully saturated rings. The number of benzene rings is 1. The lowest BCUT2D eigenvalue weighted by Crippen LogP contribution is -2.02. The number of halogens is 2. The highest BCUT2D eigenvalue weighted by Crippen LogP contribution is 2.25. The van der Waals surface area contributed by atoms with Crippen LogP contribution < -0.4 is 5.73 Å². The third-order valence-corrected chi connectivity index (χ3v) is 2.36. The monoisotopic (exact) mass is 235 g/mol. The lowest BCUT2D eigenvalue weighted by atomic mass is 10.1. The molecule has 5 heteroatoms. The molecule has 1 heterocycles. The first-order valence-electron chi connectivity index (χ1n) is 5.05. The van der Waals surface area contributed by atoms with Gasteiger partial charge >= 0.3 is 0 Å². The molecular weight excluding hydrogens is 224 g/mol. The lowest BCUT2D eigenvalue weighted by molar-refractivity contribution is 0.147. The zero-order valence-electron chi connectivity index (χ0n) is 9.19. The first kappa shape index (κ1) is 11.4. The van der Waals surface area contributed by atoms with E-state index in [9.17, 15) is 8.78 Å². The fraction of sp³-hybridized carbons (Fsp3) is 0.167. The number of aryl methyl sites for hydroxylation is 1. The van der Waals surface area contributed by atoms with Crippen LogP contribution in [0.1, 0.15) is 17.7 Å². The van der Waals surface area contributed by atoms with Gasteiger partial charge < -0.3 is 5.73 Å². The molecule has 2 rings (SSSR count). The summed E-state index contributed by atoms with van der Waals surface area (Å²) in [5, 5.41) is 0. The van der Waals surface area contributed by atoms with E-state index in [2.05, 4.69) is 9.97 Å². The molecule has 88 valence electrons. The van der Waals surface area contributed by atoms with Crippen molar-refractivity contribution in [2.45, 2.75) is 13.3 Å². The Balaban J connectivity index is 2.46. The van der Waals surface area contributed by atoms with Crippen molar-refractivity contribution in [3.8, 4) is 11.4 Å². The van der Waals surface area contributed by atoms with Crippen LogP contribution in [0.3, 0.4) is 0 Å². The second-order valence-electron chi connectivity index (χ2n) is 3.70. The van der Waals surface area contributed by atoms with Gasteiger partial charge in [0.05, 0.1) is 11.9 Å². The smallest absolute Gasteiger partial charge is 0.282 e. The summed E-state index contributed by atoms with van der Waals surface area (Å²) < 4.78 is 25.2. The van der Waals surface area contributed by atoms with Crippen LogP contribution in [0.5, 0.6) is 0 Å². The molecule has 0 amide bonds. The van der Waals surface area contributed by atoms with Crippen LogP contribution in [-0.4, -0.2) is 9.97 Å². The quantitative estimate of drug-likeness (QED) is 0.870. The summed E-state index contributed by atoms with van der Waals surface area (Å²) in [6, 6.07) is 7.32. The Labute approximate surface area is 97.3 Å². The molecule has 2 N–H and O–H groups in total. The van der Waals surface area contributed by atoms with Gasteiger partial charge in [-0.3, -0.25) is 0 Å². The molecule has 0 saturated heterocycles. The standard InChI is InChI=1S/C12H11F2N3/c1-7-2-4-8(5-3-7)12-16-6-9(15)10(17-12)11(13)14/h2-6,11H,15H2,1H3. The van der Waals surface area contributed by atoms with Crippen LogP contribution in [0, 0.1) is 6.92 Å². The Morgan fingerprint density at radius 1 is 1.18 bits per heavy atom. The van der Waals surface area contributed by atoms with E-state index in [0.717, 1.165) is 5.56 Å². The van der Waals surface area contributed by atoms with Crippen molar-refractivity contribution in [2.75, 3.05) is 5.73 Å². The number of anilines is 1. The van der Waals surface area contributed by atoms with Crippen molar-refractivity contribution >= 4 is 5.69 Å². The normalized spacial score (nSPS) is 10.8. The maximum Gasteiger partial charge on any atom is 0.282 e. The van der Waals surface area contributed by atoms with E-state index in [1.165, 1.54) is 6.20 Å². The molecule has 0 unspecified atom stereocenters. The summed E-state index contributed by atoms with van der Waals surface area (Å²) in [6.07, 6.45) is -1.48. The summed E-state index contributed by atoms with van der Waals surface area (Å²) >= 11 is 0. The van der Waals surface area contributed by atoms with E-state index < -0.39 is 12.1 Å². The minimum absolute atomic E-state index is 0.0872. The maximum atomic E-state index is 12.6. The SMILES string of the molecule is Cc1ccc(-c2ncc(N)c(C(F)F)n2)cc1. The summed E-state index contributed by atoms with van der Waals surface area (Å²) in [5.41, 5.74) is 6.65. The molecule has 2 aromatic rings. The van der Waals surface area contributed by atoms with E-state index in [0.29, 0.717) is 5.56 Å². The zero-order chi connectivity index (χ0) is 12.4. The molecule has 1 aromatic carbocycles. The van der Waals surface area contributed by atoms with E-state index in [1.807, 2.05) is 19.1 Å². The summed E-state index contributed by atoms with van der Waals surface area (Å²) in [4.78, 5) is 7.74. The minimum Gasteiger partial charge on any atom is -0.396 e. The number of alkyl halides is 2. The van der Waals surface area contributed by atoms with Gasteiger partial charge in [-0.05, 0) is 6.92 Å². The van der Waals surface area contributed by atoms with E-state index >= 15 is 0 Å². The molecule has 0 aliphatic carbocycles. The first-order valence-corrected chi connectivity index (χ1v) is 5.05.